The van der Waals surface area contributed by atoms with Crippen molar-refractivity contribution in [1.29, 1.82) is 0 Å². The quantitative estimate of drug-likeness (QED) is 0.716. The van der Waals surface area contributed by atoms with Crippen molar-refractivity contribution in [2.45, 2.75) is 33.4 Å². The van der Waals surface area contributed by atoms with Gasteiger partial charge in [0.1, 0.15) is 35.3 Å². The molecule has 8 heteroatoms. The maximum Gasteiger partial charge on any atom is 0.270 e. The second kappa shape index (κ2) is 7.94. The largest absolute Gasteiger partial charge is 0.487 e. The second-order valence-corrected chi connectivity index (χ2v) is 6.22. The smallest absolute Gasteiger partial charge is 0.270 e. The molecule has 0 unspecified atom stereocenters. The third-order valence-electron chi connectivity index (χ3n) is 3.73. The van der Waals surface area contributed by atoms with Crippen LogP contribution in [0.4, 0.5) is 4.39 Å². The lowest BCUT2D eigenvalue weighted by Crippen LogP contribution is -2.30. The monoisotopic (exact) mass is 370 g/mol. The van der Waals surface area contributed by atoms with Gasteiger partial charge >= 0.3 is 0 Å². The molecule has 0 radical (unpaired) electrons. The Kier molecular flexibility index (Phi) is 5.44. The molecule has 0 bridgehead atoms. The maximum atomic E-state index is 13.1. The molecule has 1 N–H and O–H groups in total. The molecule has 1 amide bonds. The van der Waals surface area contributed by atoms with Crippen LogP contribution in [-0.4, -0.2) is 27.1 Å². The number of hydrogen-bond donors (Lipinski definition) is 1. The lowest BCUT2D eigenvalue weighted by Gasteiger charge is -2.09. The van der Waals surface area contributed by atoms with Gasteiger partial charge in [-0.15, -0.1) is 0 Å². The molecule has 3 aromatic rings. The van der Waals surface area contributed by atoms with E-state index in [-0.39, 0.29) is 18.6 Å². The standard InChI is InChI=1S/C19H19FN4O3/c1-11(2)23-19(25)17-7-5-14(9-22-17)26-10-15-12(3)27-24-18(15)16-6-4-13(20)8-21-16/h4-9,11H,10H2,1-3H3,(H,23,25). The number of ether oxygens (including phenoxy) is 1. The summed E-state index contributed by atoms with van der Waals surface area (Å²) in [5.74, 6) is 0.410. The minimum Gasteiger partial charge on any atom is -0.487 e. The van der Waals surface area contributed by atoms with Gasteiger partial charge in [0.25, 0.3) is 5.91 Å². The van der Waals surface area contributed by atoms with Gasteiger partial charge in [0.2, 0.25) is 0 Å². The molecule has 0 atom stereocenters. The minimum atomic E-state index is -0.426. The summed E-state index contributed by atoms with van der Waals surface area (Å²) < 4.78 is 24.0. The number of aromatic nitrogens is 3. The topological polar surface area (TPSA) is 90.1 Å². The van der Waals surface area contributed by atoms with Crippen molar-refractivity contribution in [3.63, 3.8) is 0 Å². The Morgan fingerprint density at radius 3 is 2.67 bits per heavy atom. The van der Waals surface area contributed by atoms with Crippen LogP contribution < -0.4 is 10.1 Å². The molecule has 0 saturated carbocycles. The van der Waals surface area contributed by atoms with Crippen molar-refractivity contribution in [3.05, 3.63) is 59.5 Å². The summed E-state index contributed by atoms with van der Waals surface area (Å²) in [6, 6.07) is 6.13. The Bertz CT molecular complexity index is 921. The highest BCUT2D eigenvalue weighted by Gasteiger charge is 2.17. The third-order valence-corrected chi connectivity index (χ3v) is 3.73. The zero-order valence-corrected chi connectivity index (χ0v) is 15.2. The predicted molar refractivity (Wildman–Crippen MR) is 95.6 cm³/mol. The molecule has 0 saturated heterocycles. The van der Waals surface area contributed by atoms with E-state index in [1.165, 1.54) is 18.3 Å². The summed E-state index contributed by atoms with van der Waals surface area (Å²) in [5.41, 5.74) is 2.00. The normalized spacial score (nSPS) is 10.9. The van der Waals surface area contributed by atoms with Crippen molar-refractivity contribution in [1.82, 2.24) is 20.4 Å². The van der Waals surface area contributed by atoms with Crippen LogP contribution in [0.25, 0.3) is 11.4 Å². The average molecular weight is 370 g/mol. The number of aryl methyl sites for hydroxylation is 1. The van der Waals surface area contributed by atoms with Gasteiger partial charge in [-0.2, -0.15) is 0 Å². The Morgan fingerprint density at radius 1 is 1.22 bits per heavy atom. The summed E-state index contributed by atoms with van der Waals surface area (Å²) in [4.78, 5) is 20.0. The van der Waals surface area contributed by atoms with E-state index in [1.807, 2.05) is 13.8 Å². The molecule has 3 aromatic heterocycles. The molecule has 7 nitrogen and oxygen atoms in total. The van der Waals surface area contributed by atoms with Crippen LogP contribution in [0.1, 0.15) is 35.7 Å². The van der Waals surface area contributed by atoms with Gasteiger partial charge in [-0.05, 0) is 45.0 Å². The molecule has 0 spiro atoms. The first-order valence-electron chi connectivity index (χ1n) is 8.41. The number of nitrogens with one attached hydrogen (secondary N) is 1. The van der Waals surface area contributed by atoms with E-state index < -0.39 is 5.82 Å². The van der Waals surface area contributed by atoms with Crippen LogP contribution in [0.2, 0.25) is 0 Å². The summed E-state index contributed by atoms with van der Waals surface area (Å²) in [6.45, 7) is 5.69. The number of pyridine rings is 2. The van der Waals surface area contributed by atoms with E-state index in [9.17, 15) is 9.18 Å². The number of amides is 1. The molecule has 0 fully saturated rings. The zero-order chi connectivity index (χ0) is 19.4. The molecule has 0 aliphatic carbocycles. The fourth-order valence-electron chi connectivity index (χ4n) is 2.37. The summed E-state index contributed by atoms with van der Waals surface area (Å²) >= 11 is 0. The number of carbonyl (C=O) groups excluding carboxylic acids is 1. The second-order valence-electron chi connectivity index (χ2n) is 6.22. The fourth-order valence-corrected chi connectivity index (χ4v) is 2.37. The molecule has 140 valence electrons. The Labute approximate surface area is 155 Å². The summed E-state index contributed by atoms with van der Waals surface area (Å²) in [5, 5.41) is 6.76. The lowest BCUT2D eigenvalue weighted by atomic mass is 10.1. The van der Waals surface area contributed by atoms with E-state index in [0.717, 1.165) is 6.20 Å². The Hall–Kier alpha value is -3.29. The fraction of sp³-hybridized carbons (Fsp3) is 0.263. The maximum absolute atomic E-state index is 13.1. The first kappa shape index (κ1) is 18.5. The van der Waals surface area contributed by atoms with Crippen LogP contribution >= 0.6 is 0 Å². The highest BCUT2D eigenvalue weighted by Crippen LogP contribution is 2.25. The molecular formula is C19H19FN4O3. The molecule has 27 heavy (non-hydrogen) atoms. The van der Waals surface area contributed by atoms with Crippen LogP contribution in [0.3, 0.4) is 0 Å². The van der Waals surface area contributed by atoms with Crippen LogP contribution in [0.5, 0.6) is 5.75 Å². The first-order chi connectivity index (χ1) is 12.9. The van der Waals surface area contributed by atoms with E-state index in [1.54, 1.807) is 19.1 Å². The van der Waals surface area contributed by atoms with Crippen molar-refractivity contribution >= 4 is 5.91 Å². The van der Waals surface area contributed by atoms with Gasteiger partial charge in [-0.25, -0.2) is 9.37 Å². The molecular weight excluding hydrogens is 351 g/mol. The zero-order valence-electron chi connectivity index (χ0n) is 15.2. The number of rotatable bonds is 6. The van der Waals surface area contributed by atoms with E-state index in [2.05, 4.69) is 20.4 Å². The van der Waals surface area contributed by atoms with Gasteiger partial charge in [-0.3, -0.25) is 9.78 Å². The number of hydrogen-bond acceptors (Lipinski definition) is 6. The molecule has 0 aliphatic heterocycles. The van der Waals surface area contributed by atoms with Crippen LogP contribution in [0, 0.1) is 12.7 Å². The SMILES string of the molecule is Cc1onc(-c2ccc(F)cn2)c1COc1ccc(C(=O)NC(C)C)nc1. The van der Waals surface area contributed by atoms with E-state index >= 15 is 0 Å². The van der Waals surface area contributed by atoms with Crippen molar-refractivity contribution in [2.75, 3.05) is 0 Å². The first-order valence-corrected chi connectivity index (χ1v) is 8.41. The van der Waals surface area contributed by atoms with Gasteiger partial charge in [0.05, 0.1) is 23.7 Å². The Balaban J connectivity index is 1.71. The van der Waals surface area contributed by atoms with Crippen molar-refractivity contribution in [3.8, 4) is 17.1 Å². The van der Waals surface area contributed by atoms with Crippen molar-refractivity contribution < 1.29 is 18.4 Å². The third kappa shape index (κ3) is 4.46. The molecule has 3 rings (SSSR count). The number of halogens is 1. The molecule has 0 aromatic carbocycles. The summed E-state index contributed by atoms with van der Waals surface area (Å²) in [7, 11) is 0. The van der Waals surface area contributed by atoms with Crippen molar-refractivity contribution in [2.24, 2.45) is 0 Å². The van der Waals surface area contributed by atoms with E-state index in [4.69, 9.17) is 9.26 Å². The number of carbonyl (C=O) groups is 1. The number of nitrogens with zero attached hydrogens (tertiary/aromatic N) is 3. The van der Waals surface area contributed by atoms with Gasteiger partial charge in [-0.1, -0.05) is 5.16 Å². The minimum absolute atomic E-state index is 0.0327. The predicted octanol–water partition coefficient (Wildman–Crippen LogP) is 3.30. The highest BCUT2D eigenvalue weighted by molar-refractivity contribution is 5.92. The van der Waals surface area contributed by atoms with Crippen LogP contribution in [-0.2, 0) is 6.61 Å². The van der Waals surface area contributed by atoms with E-state index in [0.29, 0.717) is 34.2 Å². The van der Waals surface area contributed by atoms with Gasteiger partial charge in [0, 0.05) is 6.04 Å². The Morgan fingerprint density at radius 2 is 2.04 bits per heavy atom. The van der Waals surface area contributed by atoms with Gasteiger partial charge in [0.15, 0.2) is 0 Å². The highest BCUT2D eigenvalue weighted by atomic mass is 19.1. The summed E-state index contributed by atoms with van der Waals surface area (Å²) in [6.07, 6.45) is 2.60. The molecule has 3 heterocycles. The van der Waals surface area contributed by atoms with Crippen LogP contribution in [0.15, 0.2) is 41.2 Å². The lowest BCUT2D eigenvalue weighted by molar-refractivity contribution is 0.0938. The van der Waals surface area contributed by atoms with Gasteiger partial charge < -0.3 is 14.6 Å². The average Bonchev–Trinajstić information content (AvgIpc) is 3.01. The molecule has 0 aliphatic rings.